The van der Waals surface area contributed by atoms with Gasteiger partial charge in [0.2, 0.25) is 0 Å². The zero-order valence-electron chi connectivity index (χ0n) is 12.4. The van der Waals surface area contributed by atoms with Crippen LogP contribution < -0.4 is 4.74 Å². The SMILES string of the molecule is CCn1cc(C(=O)C=Cc2ccc(SC)c(OC)c2)cn1. The molecule has 0 radical (unpaired) electrons. The highest BCUT2D eigenvalue weighted by atomic mass is 32.2. The summed E-state index contributed by atoms with van der Waals surface area (Å²) in [5.74, 6) is 0.763. The van der Waals surface area contributed by atoms with E-state index >= 15 is 0 Å². The summed E-state index contributed by atoms with van der Waals surface area (Å²) in [4.78, 5) is 13.1. The summed E-state index contributed by atoms with van der Waals surface area (Å²) in [6, 6.07) is 5.88. The van der Waals surface area contributed by atoms with E-state index in [0.717, 1.165) is 22.8 Å². The van der Waals surface area contributed by atoms with Gasteiger partial charge in [0.25, 0.3) is 0 Å². The van der Waals surface area contributed by atoms with Crippen molar-refractivity contribution in [2.75, 3.05) is 13.4 Å². The van der Waals surface area contributed by atoms with Crippen molar-refractivity contribution in [2.24, 2.45) is 0 Å². The number of rotatable bonds is 6. The molecule has 0 amide bonds. The molecule has 21 heavy (non-hydrogen) atoms. The largest absolute Gasteiger partial charge is 0.496 e. The van der Waals surface area contributed by atoms with Crippen LogP contribution in [0.15, 0.2) is 41.6 Å². The van der Waals surface area contributed by atoms with Crippen LogP contribution in [-0.4, -0.2) is 28.9 Å². The summed E-state index contributed by atoms with van der Waals surface area (Å²) in [6.45, 7) is 2.74. The van der Waals surface area contributed by atoms with E-state index in [4.69, 9.17) is 4.74 Å². The van der Waals surface area contributed by atoms with E-state index < -0.39 is 0 Å². The van der Waals surface area contributed by atoms with Gasteiger partial charge in [-0.15, -0.1) is 11.8 Å². The number of carbonyl (C=O) groups is 1. The van der Waals surface area contributed by atoms with Gasteiger partial charge >= 0.3 is 0 Å². The van der Waals surface area contributed by atoms with Crippen LogP contribution in [0.1, 0.15) is 22.8 Å². The number of carbonyl (C=O) groups excluding carboxylic acids is 1. The van der Waals surface area contributed by atoms with Crippen molar-refractivity contribution in [3.05, 3.63) is 47.8 Å². The molecule has 0 saturated heterocycles. The van der Waals surface area contributed by atoms with Gasteiger partial charge in [-0.2, -0.15) is 5.10 Å². The van der Waals surface area contributed by atoms with E-state index in [1.165, 1.54) is 0 Å². The first-order valence-electron chi connectivity index (χ1n) is 6.64. The first-order valence-corrected chi connectivity index (χ1v) is 7.87. The lowest BCUT2D eigenvalue weighted by Crippen LogP contribution is -1.94. The maximum absolute atomic E-state index is 12.0. The Balaban J connectivity index is 2.15. The van der Waals surface area contributed by atoms with Crippen LogP contribution in [0.5, 0.6) is 5.75 Å². The first kappa shape index (κ1) is 15.4. The molecule has 1 aromatic carbocycles. The lowest BCUT2D eigenvalue weighted by Gasteiger charge is -2.06. The minimum absolute atomic E-state index is 0.0531. The average molecular weight is 302 g/mol. The van der Waals surface area contributed by atoms with Gasteiger partial charge in [-0.3, -0.25) is 9.48 Å². The minimum Gasteiger partial charge on any atom is -0.496 e. The van der Waals surface area contributed by atoms with Crippen molar-refractivity contribution in [3.63, 3.8) is 0 Å². The fraction of sp³-hybridized carbons (Fsp3) is 0.250. The topological polar surface area (TPSA) is 44.1 Å². The summed E-state index contributed by atoms with van der Waals surface area (Å²) in [6.07, 6.45) is 8.70. The molecular formula is C16H18N2O2S. The van der Waals surface area contributed by atoms with E-state index in [0.29, 0.717) is 5.56 Å². The number of hydrogen-bond donors (Lipinski definition) is 0. The molecule has 110 valence electrons. The third-order valence-corrected chi connectivity index (χ3v) is 3.85. The van der Waals surface area contributed by atoms with Gasteiger partial charge in [-0.1, -0.05) is 12.1 Å². The van der Waals surface area contributed by atoms with Crippen LogP contribution in [0.4, 0.5) is 0 Å². The number of ether oxygens (including phenoxy) is 1. The molecule has 0 saturated carbocycles. The van der Waals surface area contributed by atoms with Gasteiger partial charge in [0, 0.05) is 17.6 Å². The quantitative estimate of drug-likeness (QED) is 0.465. The number of thioether (sulfide) groups is 1. The van der Waals surface area contributed by atoms with Crippen molar-refractivity contribution in [1.82, 2.24) is 9.78 Å². The highest BCUT2D eigenvalue weighted by Crippen LogP contribution is 2.28. The summed E-state index contributed by atoms with van der Waals surface area (Å²) >= 11 is 1.63. The van der Waals surface area contributed by atoms with Gasteiger partial charge < -0.3 is 4.74 Å². The molecule has 0 atom stereocenters. The van der Waals surface area contributed by atoms with E-state index in [1.807, 2.05) is 31.4 Å². The van der Waals surface area contributed by atoms with E-state index in [1.54, 1.807) is 48.1 Å². The molecule has 2 rings (SSSR count). The Labute approximate surface area is 128 Å². The summed E-state index contributed by atoms with van der Waals surface area (Å²) in [5.41, 5.74) is 1.53. The van der Waals surface area contributed by atoms with Crippen LogP contribution in [0.2, 0.25) is 0 Å². The van der Waals surface area contributed by atoms with Crippen LogP contribution in [-0.2, 0) is 6.54 Å². The molecule has 0 aliphatic heterocycles. The highest BCUT2D eigenvalue weighted by Gasteiger charge is 2.05. The lowest BCUT2D eigenvalue weighted by atomic mass is 10.1. The predicted molar refractivity (Wildman–Crippen MR) is 86.0 cm³/mol. The Morgan fingerprint density at radius 2 is 2.29 bits per heavy atom. The van der Waals surface area contributed by atoms with Crippen LogP contribution in [0.25, 0.3) is 6.08 Å². The number of hydrogen-bond acceptors (Lipinski definition) is 4. The maximum Gasteiger partial charge on any atom is 0.189 e. The molecular weight excluding hydrogens is 284 g/mol. The van der Waals surface area contributed by atoms with E-state index in [-0.39, 0.29) is 5.78 Å². The van der Waals surface area contributed by atoms with E-state index in [9.17, 15) is 4.79 Å². The number of aryl methyl sites for hydroxylation is 1. The number of aromatic nitrogens is 2. The van der Waals surface area contributed by atoms with Gasteiger partial charge in [0.1, 0.15) is 5.75 Å². The maximum atomic E-state index is 12.0. The van der Waals surface area contributed by atoms with Crippen molar-refractivity contribution in [3.8, 4) is 5.75 Å². The molecule has 5 heteroatoms. The molecule has 1 heterocycles. The zero-order valence-corrected chi connectivity index (χ0v) is 13.2. The summed E-state index contributed by atoms with van der Waals surface area (Å²) < 4.78 is 7.07. The number of ketones is 1. The minimum atomic E-state index is -0.0531. The standard InChI is InChI=1S/C16H18N2O2S/c1-4-18-11-13(10-17-18)14(19)7-5-12-6-8-16(21-3)15(9-12)20-2/h5-11H,4H2,1-3H3. The van der Waals surface area contributed by atoms with Gasteiger partial charge in [-0.25, -0.2) is 0 Å². The van der Waals surface area contributed by atoms with Crippen molar-refractivity contribution < 1.29 is 9.53 Å². The highest BCUT2D eigenvalue weighted by molar-refractivity contribution is 7.98. The number of methoxy groups -OCH3 is 1. The lowest BCUT2D eigenvalue weighted by molar-refractivity contribution is 0.104. The van der Waals surface area contributed by atoms with Crippen LogP contribution in [0, 0.1) is 0 Å². The Morgan fingerprint density at radius 1 is 1.48 bits per heavy atom. The molecule has 0 aliphatic rings. The Kier molecular flexibility index (Phi) is 5.22. The first-order chi connectivity index (χ1) is 10.2. The Hall–Kier alpha value is -2.01. The van der Waals surface area contributed by atoms with Crippen LogP contribution in [0.3, 0.4) is 0 Å². The second-order valence-electron chi connectivity index (χ2n) is 4.40. The summed E-state index contributed by atoms with van der Waals surface area (Å²) in [7, 11) is 1.65. The van der Waals surface area contributed by atoms with Crippen LogP contribution >= 0.6 is 11.8 Å². The van der Waals surface area contributed by atoms with E-state index in [2.05, 4.69) is 5.10 Å². The normalized spacial score (nSPS) is 11.0. The summed E-state index contributed by atoms with van der Waals surface area (Å²) in [5, 5.41) is 4.10. The van der Waals surface area contributed by atoms with Crippen molar-refractivity contribution in [2.45, 2.75) is 18.4 Å². The van der Waals surface area contributed by atoms with Crippen molar-refractivity contribution in [1.29, 1.82) is 0 Å². The predicted octanol–water partition coefficient (Wildman–Crippen LogP) is 3.53. The fourth-order valence-corrected chi connectivity index (χ4v) is 2.44. The molecule has 0 unspecified atom stereocenters. The number of nitrogens with zero attached hydrogens (tertiary/aromatic N) is 2. The third-order valence-electron chi connectivity index (χ3n) is 3.08. The van der Waals surface area contributed by atoms with Gasteiger partial charge in [0.05, 0.1) is 18.9 Å². The zero-order chi connectivity index (χ0) is 15.2. The Bertz CT molecular complexity index is 662. The molecule has 0 N–H and O–H groups in total. The van der Waals surface area contributed by atoms with Crippen molar-refractivity contribution >= 4 is 23.6 Å². The van der Waals surface area contributed by atoms with Gasteiger partial charge in [-0.05, 0) is 37.0 Å². The Morgan fingerprint density at radius 3 is 2.90 bits per heavy atom. The molecule has 4 nitrogen and oxygen atoms in total. The third kappa shape index (κ3) is 3.76. The molecule has 0 fully saturated rings. The molecule has 1 aromatic heterocycles. The molecule has 2 aromatic rings. The monoisotopic (exact) mass is 302 g/mol. The smallest absolute Gasteiger partial charge is 0.189 e. The molecule has 0 bridgehead atoms. The second-order valence-corrected chi connectivity index (χ2v) is 5.24. The number of allylic oxidation sites excluding steroid dienone is 1. The fourth-order valence-electron chi connectivity index (χ4n) is 1.89. The average Bonchev–Trinajstić information content (AvgIpc) is 3.01. The molecule has 0 spiro atoms. The molecule has 0 aliphatic carbocycles. The second kappa shape index (κ2) is 7.13. The number of benzene rings is 1. The van der Waals surface area contributed by atoms with Gasteiger partial charge in [0.15, 0.2) is 5.78 Å².